The Morgan fingerprint density at radius 2 is 1.90 bits per heavy atom. The fourth-order valence-corrected chi connectivity index (χ4v) is 4.25. The number of nitrogens with one attached hydrogen (secondary N) is 2. The maximum Gasteiger partial charge on any atom is 0.306 e. The summed E-state index contributed by atoms with van der Waals surface area (Å²) in [4.78, 5) is 37.8. The van der Waals surface area contributed by atoms with Crippen molar-refractivity contribution in [2.75, 3.05) is 13.2 Å². The summed E-state index contributed by atoms with van der Waals surface area (Å²) < 4.78 is 5.37. The molecule has 3 N–H and O–H groups in total. The molecule has 1 aliphatic heterocycles. The molecule has 3 rings (SSSR count). The molecule has 0 spiro atoms. The molecule has 31 heavy (non-hydrogen) atoms. The number of carbonyl (C=O) groups is 3. The van der Waals surface area contributed by atoms with E-state index in [4.69, 9.17) is 4.74 Å². The average molecular weight is 429 g/mol. The van der Waals surface area contributed by atoms with Crippen molar-refractivity contribution in [2.45, 2.75) is 62.9 Å². The van der Waals surface area contributed by atoms with Crippen LogP contribution in [0.3, 0.4) is 0 Å². The molecule has 1 fully saturated rings. The SMILES string of the molecule is O=C(CC1CC=CCCC(=O)OCC(c2ccccc2)NC1=O)NC1(CO)CCCC1. The summed E-state index contributed by atoms with van der Waals surface area (Å²) >= 11 is 0. The van der Waals surface area contributed by atoms with E-state index in [2.05, 4.69) is 10.6 Å². The Bertz CT molecular complexity index is 786. The highest BCUT2D eigenvalue weighted by Gasteiger charge is 2.35. The molecule has 2 aliphatic rings. The first-order valence-corrected chi connectivity index (χ1v) is 11.1. The van der Waals surface area contributed by atoms with Crippen LogP contribution in [-0.2, 0) is 19.1 Å². The van der Waals surface area contributed by atoms with Crippen molar-refractivity contribution in [1.29, 1.82) is 0 Å². The van der Waals surface area contributed by atoms with Crippen molar-refractivity contribution in [2.24, 2.45) is 5.92 Å². The van der Waals surface area contributed by atoms with Gasteiger partial charge >= 0.3 is 5.97 Å². The van der Waals surface area contributed by atoms with Crippen molar-refractivity contribution in [3.8, 4) is 0 Å². The van der Waals surface area contributed by atoms with Crippen LogP contribution in [0, 0.1) is 5.92 Å². The minimum atomic E-state index is -0.560. The smallest absolute Gasteiger partial charge is 0.306 e. The molecule has 0 radical (unpaired) electrons. The zero-order chi connectivity index (χ0) is 22.1. The largest absolute Gasteiger partial charge is 0.463 e. The van der Waals surface area contributed by atoms with Crippen molar-refractivity contribution >= 4 is 17.8 Å². The van der Waals surface area contributed by atoms with E-state index in [1.165, 1.54) is 0 Å². The minimum Gasteiger partial charge on any atom is -0.463 e. The zero-order valence-electron chi connectivity index (χ0n) is 17.8. The number of hydrogen-bond donors (Lipinski definition) is 3. The third kappa shape index (κ3) is 6.66. The molecule has 168 valence electrons. The molecule has 2 unspecified atom stereocenters. The molecule has 0 saturated heterocycles. The van der Waals surface area contributed by atoms with Crippen LogP contribution in [0.1, 0.15) is 63.0 Å². The number of aliphatic hydroxyl groups is 1. The first-order valence-electron chi connectivity index (χ1n) is 11.1. The molecule has 2 atom stereocenters. The lowest BCUT2D eigenvalue weighted by Crippen LogP contribution is -2.50. The van der Waals surface area contributed by atoms with Crippen LogP contribution in [0.25, 0.3) is 0 Å². The van der Waals surface area contributed by atoms with Gasteiger partial charge in [0.2, 0.25) is 11.8 Å². The number of hydrogen-bond acceptors (Lipinski definition) is 5. The molecule has 0 bridgehead atoms. The third-order valence-corrected chi connectivity index (χ3v) is 6.10. The van der Waals surface area contributed by atoms with Crippen molar-refractivity contribution in [1.82, 2.24) is 10.6 Å². The second-order valence-corrected chi connectivity index (χ2v) is 8.50. The fourth-order valence-electron chi connectivity index (χ4n) is 4.25. The van der Waals surface area contributed by atoms with E-state index in [0.717, 1.165) is 31.2 Å². The third-order valence-electron chi connectivity index (χ3n) is 6.10. The van der Waals surface area contributed by atoms with Crippen LogP contribution >= 0.6 is 0 Å². The Labute approximate surface area is 183 Å². The van der Waals surface area contributed by atoms with Gasteiger partial charge in [-0.05, 0) is 31.2 Å². The van der Waals surface area contributed by atoms with E-state index in [9.17, 15) is 19.5 Å². The molecule has 1 aromatic rings. The van der Waals surface area contributed by atoms with Gasteiger partial charge in [0, 0.05) is 12.8 Å². The van der Waals surface area contributed by atoms with Crippen molar-refractivity contribution in [3.05, 3.63) is 48.0 Å². The van der Waals surface area contributed by atoms with E-state index in [1.807, 2.05) is 42.5 Å². The number of aliphatic hydroxyl groups excluding tert-OH is 1. The number of amides is 2. The number of cyclic esters (lactones) is 1. The molecule has 7 nitrogen and oxygen atoms in total. The highest BCUT2D eigenvalue weighted by molar-refractivity contribution is 5.86. The Morgan fingerprint density at radius 3 is 2.61 bits per heavy atom. The summed E-state index contributed by atoms with van der Waals surface area (Å²) in [6.07, 6.45) is 8.42. The van der Waals surface area contributed by atoms with Gasteiger partial charge in [-0.25, -0.2) is 0 Å². The number of benzene rings is 1. The minimum absolute atomic E-state index is 0.0409. The molecule has 1 heterocycles. The maximum absolute atomic E-state index is 13.1. The van der Waals surface area contributed by atoms with Crippen LogP contribution in [0.5, 0.6) is 0 Å². The summed E-state index contributed by atoms with van der Waals surface area (Å²) in [6, 6.07) is 8.87. The topological polar surface area (TPSA) is 105 Å². The average Bonchev–Trinajstić information content (AvgIpc) is 3.24. The molecule has 0 aromatic heterocycles. The Kier molecular flexibility index (Phi) is 8.23. The van der Waals surface area contributed by atoms with Crippen LogP contribution in [0.4, 0.5) is 0 Å². The predicted octanol–water partition coefficient (Wildman–Crippen LogP) is 2.55. The monoisotopic (exact) mass is 428 g/mol. The molecular formula is C24H32N2O5. The van der Waals surface area contributed by atoms with Crippen molar-refractivity contribution < 1.29 is 24.2 Å². The van der Waals surface area contributed by atoms with E-state index < -0.39 is 17.5 Å². The van der Waals surface area contributed by atoms with Gasteiger partial charge in [0.25, 0.3) is 0 Å². The normalized spacial score (nSPS) is 24.4. The van der Waals surface area contributed by atoms with Crippen LogP contribution in [0.15, 0.2) is 42.5 Å². The van der Waals surface area contributed by atoms with E-state index in [0.29, 0.717) is 12.8 Å². The van der Waals surface area contributed by atoms with Crippen molar-refractivity contribution in [3.63, 3.8) is 0 Å². The second-order valence-electron chi connectivity index (χ2n) is 8.50. The highest BCUT2D eigenvalue weighted by Crippen LogP contribution is 2.29. The standard InChI is InChI=1S/C24H32N2O5/c27-17-24(13-7-8-14-24)26-21(28)15-19-11-5-2-6-12-22(29)31-16-20(25-23(19)30)18-9-3-1-4-10-18/h1-5,9-10,19-20,27H,6-8,11-17H2,(H,25,30)(H,26,28). The molecule has 7 heteroatoms. The van der Waals surface area contributed by atoms with E-state index in [1.54, 1.807) is 0 Å². The molecule has 1 saturated carbocycles. The first kappa shape index (κ1) is 23.0. The summed E-state index contributed by atoms with van der Waals surface area (Å²) in [5.74, 6) is -1.33. The number of carbonyl (C=O) groups excluding carboxylic acids is 3. The predicted molar refractivity (Wildman–Crippen MR) is 116 cm³/mol. The van der Waals surface area contributed by atoms with Gasteiger partial charge in [-0.3, -0.25) is 14.4 Å². The van der Waals surface area contributed by atoms with Gasteiger partial charge < -0.3 is 20.5 Å². The van der Waals surface area contributed by atoms with E-state index >= 15 is 0 Å². The van der Waals surface area contributed by atoms with Crippen LogP contribution < -0.4 is 10.6 Å². The number of rotatable bonds is 5. The maximum atomic E-state index is 13.1. The van der Waals surface area contributed by atoms with Gasteiger partial charge in [-0.15, -0.1) is 0 Å². The van der Waals surface area contributed by atoms with E-state index in [-0.39, 0.29) is 43.8 Å². The number of allylic oxidation sites excluding steroid dienone is 2. The van der Waals surface area contributed by atoms with Crippen LogP contribution in [0.2, 0.25) is 0 Å². The van der Waals surface area contributed by atoms with Gasteiger partial charge in [-0.2, -0.15) is 0 Å². The number of ether oxygens (including phenoxy) is 1. The second kappa shape index (κ2) is 11.1. The summed E-state index contributed by atoms with van der Waals surface area (Å²) in [5, 5.41) is 15.7. The van der Waals surface area contributed by atoms with Crippen LogP contribution in [-0.4, -0.2) is 41.6 Å². The Hall–Kier alpha value is -2.67. The Morgan fingerprint density at radius 1 is 1.16 bits per heavy atom. The lowest BCUT2D eigenvalue weighted by molar-refractivity contribution is -0.145. The molecule has 2 amide bonds. The molecular weight excluding hydrogens is 396 g/mol. The van der Waals surface area contributed by atoms with Gasteiger partial charge in [-0.1, -0.05) is 55.3 Å². The summed E-state index contributed by atoms with van der Waals surface area (Å²) in [6.45, 7) is -0.0399. The molecule has 1 aliphatic carbocycles. The highest BCUT2D eigenvalue weighted by atomic mass is 16.5. The van der Waals surface area contributed by atoms with Gasteiger partial charge in [0.05, 0.1) is 24.1 Å². The quantitative estimate of drug-likeness (QED) is 0.494. The zero-order valence-corrected chi connectivity index (χ0v) is 17.8. The number of esters is 1. The summed E-state index contributed by atoms with van der Waals surface area (Å²) in [7, 11) is 0. The van der Waals surface area contributed by atoms with Gasteiger partial charge in [0.1, 0.15) is 6.61 Å². The lowest BCUT2D eigenvalue weighted by atomic mass is 9.95. The molecule has 1 aromatic carbocycles. The first-order chi connectivity index (χ1) is 15.0. The van der Waals surface area contributed by atoms with Gasteiger partial charge in [0.15, 0.2) is 0 Å². The summed E-state index contributed by atoms with van der Waals surface area (Å²) in [5.41, 5.74) is 0.278. The Balaban J connectivity index is 1.72. The lowest BCUT2D eigenvalue weighted by Gasteiger charge is -2.29. The fraction of sp³-hybridized carbons (Fsp3) is 0.542.